The number of aromatic nitrogens is 2. The van der Waals surface area contributed by atoms with Crippen molar-refractivity contribution >= 4 is 49.1 Å². The topological polar surface area (TPSA) is 80.9 Å². The molecule has 0 aliphatic heterocycles. The molecule has 0 atom stereocenters. The van der Waals surface area contributed by atoms with Gasteiger partial charge in [0.1, 0.15) is 9.71 Å². The van der Waals surface area contributed by atoms with Gasteiger partial charge in [-0.3, -0.25) is 4.79 Å². The van der Waals surface area contributed by atoms with E-state index < -0.39 is 0 Å². The predicted octanol–water partition coefficient (Wildman–Crippen LogP) is 2.53. The molecule has 0 fully saturated rings. The van der Waals surface area contributed by atoms with Crippen molar-refractivity contribution in [1.29, 1.82) is 0 Å². The van der Waals surface area contributed by atoms with Gasteiger partial charge in [-0.25, -0.2) is 0 Å². The van der Waals surface area contributed by atoms with Gasteiger partial charge < -0.3 is 11.1 Å². The number of halogens is 1. The number of thiophene rings is 1. The van der Waals surface area contributed by atoms with Crippen LogP contribution in [0.4, 0.5) is 5.69 Å². The molecule has 0 bridgehead atoms. The molecule has 3 N–H and O–H groups in total. The van der Waals surface area contributed by atoms with Crippen LogP contribution in [0.25, 0.3) is 10.2 Å². The normalized spacial score (nSPS) is 10.7. The van der Waals surface area contributed by atoms with Crippen molar-refractivity contribution in [2.24, 2.45) is 0 Å². The van der Waals surface area contributed by atoms with Crippen molar-refractivity contribution in [3.05, 3.63) is 27.2 Å². The highest BCUT2D eigenvalue weighted by atomic mass is 79.9. The van der Waals surface area contributed by atoms with Gasteiger partial charge in [0.15, 0.2) is 0 Å². The number of nitrogens with one attached hydrogen (secondary N) is 1. The Balaban J connectivity index is 2.45. The number of aryl methyl sites for hydroxylation is 2. The molecule has 19 heavy (non-hydrogen) atoms. The standard InChI is InChI=1S/C12H13BrN4OS/c1-5(13)4-15-11(18)10-9(14)8-6(2)7(3)16-17-12(8)19-10/h1,4,14H2,2-3H3,(H,15,18). The molecule has 0 radical (unpaired) electrons. The van der Waals surface area contributed by atoms with Gasteiger partial charge in [0.25, 0.3) is 5.91 Å². The summed E-state index contributed by atoms with van der Waals surface area (Å²) in [4.78, 5) is 13.2. The number of hydrogen-bond donors (Lipinski definition) is 2. The Morgan fingerprint density at radius 2 is 2.16 bits per heavy atom. The van der Waals surface area contributed by atoms with E-state index >= 15 is 0 Å². The SMILES string of the molecule is C=C(Br)CNC(=O)c1sc2nnc(C)c(C)c2c1N. The van der Waals surface area contributed by atoms with Crippen LogP contribution in [0.2, 0.25) is 0 Å². The van der Waals surface area contributed by atoms with E-state index in [0.29, 0.717) is 26.4 Å². The smallest absolute Gasteiger partial charge is 0.263 e. The molecule has 0 unspecified atom stereocenters. The van der Waals surface area contributed by atoms with Crippen molar-refractivity contribution in [2.45, 2.75) is 13.8 Å². The van der Waals surface area contributed by atoms with Gasteiger partial charge in [-0.05, 0) is 19.4 Å². The lowest BCUT2D eigenvalue weighted by Gasteiger charge is -2.03. The molecule has 100 valence electrons. The average Bonchev–Trinajstić information content (AvgIpc) is 2.69. The zero-order valence-electron chi connectivity index (χ0n) is 10.6. The summed E-state index contributed by atoms with van der Waals surface area (Å²) in [6.45, 7) is 7.82. The zero-order chi connectivity index (χ0) is 14.2. The third-order valence-corrected chi connectivity index (χ3v) is 4.15. The molecule has 0 saturated heterocycles. The van der Waals surface area contributed by atoms with Crippen LogP contribution in [0, 0.1) is 13.8 Å². The van der Waals surface area contributed by atoms with E-state index in [9.17, 15) is 4.79 Å². The number of anilines is 1. The maximum absolute atomic E-state index is 12.0. The van der Waals surface area contributed by atoms with Crippen LogP contribution < -0.4 is 11.1 Å². The first-order valence-corrected chi connectivity index (χ1v) is 7.16. The minimum absolute atomic E-state index is 0.224. The number of hydrogen-bond acceptors (Lipinski definition) is 5. The second-order valence-corrected chi connectivity index (χ2v) is 6.26. The van der Waals surface area contributed by atoms with E-state index in [1.165, 1.54) is 11.3 Å². The zero-order valence-corrected chi connectivity index (χ0v) is 13.0. The van der Waals surface area contributed by atoms with E-state index in [1.54, 1.807) is 0 Å². The molecule has 0 saturated carbocycles. The fraction of sp³-hybridized carbons (Fsp3) is 0.250. The Morgan fingerprint density at radius 1 is 1.47 bits per heavy atom. The van der Waals surface area contributed by atoms with E-state index in [2.05, 4.69) is 38.0 Å². The number of amides is 1. The van der Waals surface area contributed by atoms with Crippen LogP contribution in [-0.4, -0.2) is 22.6 Å². The van der Waals surface area contributed by atoms with Gasteiger partial charge in [-0.1, -0.05) is 22.5 Å². The lowest BCUT2D eigenvalue weighted by atomic mass is 10.1. The Morgan fingerprint density at radius 3 is 2.79 bits per heavy atom. The molecule has 0 aromatic carbocycles. The second kappa shape index (κ2) is 5.26. The summed E-state index contributed by atoms with van der Waals surface area (Å²) in [6, 6.07) is 0. The molecular weight excluding hydrogens is 328 g/mol. The summed E-state index contributed by atoms with van der Waals surface area (Å²) in [7, 11) is 0. The van der Waals surface area contributed by atoms with Crippen LogP contribution in [0.15, 0.2) is 11.1 Å². The van der Waals surface area contributed by atoms with Crippen LogP contribution in [-0.2, 0) is 0 Å². The highest BCUT2D eigenvalue weighted by molar-refractivity contribution is 9.11. The fourth-order valence-electron chi connectivity index (χ4n) is 1.67. The Bertz CT molecular complexity index is 680. The third-order valence-electron chi connectivity index (χ3n) is 2.78. The second-order valence-electron chi connectivity index (χ2n) is 4.14. The first-order chi connectivity index (χ1) is 8.91. The van der Waals surface area contributed by atoms with Gasteiger partial charge in [0.2, 0.25) is 0 Å². The number of carbonyl (C=O) groups is 1. The first-order valence-electron chi connectivity index (χ1n) is 5.55. The van der Waals surface area contributed by atoms with Crippen molar-refractivity contribution in [3.63, 3.8) is 0 Å². The highest BCUT2D eigenvalue weighted by Gasteiger charge is 2.19. The van der Waals surface area contributed by atoms with Gasteiger partial charge in [-0.15, -0.1) is 16.4 Å². The number of rotatable bonds is 3. The molecule has 0 aliphatic rings. The summed E-state index contributed by atoms with van der Waals surface area (Å²) in [5.41, 5.74) is 8.31. The third kappa shape index (κ3) is 2.62. The summed E-state index contributed by atoms with van der Waals surface area (Å²) < 4.78 is 0.701. The molecule has 5 nitrogen and oxygen atoms in total. The van der Waals surface area contributed by atoms with E-state index in [0.717, 1.165) is 16.6 Å². The van der Waals surface area contributed by atoms with Crippen molar-refractivity contribution in [1.82, 2.24) is 15.5 Å². The molecule has 2 aromatic heterocycles. The van der Waals surface area contributed by atoms with Crippen molar-refractivity contribution in [2.75, 3.05) is 12.3 Å². The lowest BCUT2D eigenvalue weighted by Crippen LogP contribution is -2.24. The van der Waals surface area contributed by atoms with Gasteiger partial charge in [0, 0.05) is 16.4 Å². The minimum atomic E-state index is -0.224. The minimum Gasteiger partial charge on any atom is -0.397 e. The average molecular weight is 341 g/mol. The van der Waals surface area contributed by atoms with E-state index in [-0.39, 0.29) is 5.91 Å². The molecule has 2 aromatic rings. The number of nitrogens with zero attached hydrogens (tertiary/aromatic N) is 2. The number of nitrogens with two attached hydrogens (primary N) is 1. The first kappa shape index (κ1) is 14.0. The summed E-state index contributed by atoms with van der Waals surface area (Å²) in [5, 5.41) is 11.7. The molecule has 2 rings (SSSR count). The summed E-state index contributed by atoms with van der Waals surface area (Å²) in [6.07, 6.45) is 0. The number of nitrogen functional groups attached to an aromatic ring is 1. The Labute approximate surface area is 123 Å². The van der Waals surface area contributed by atoms with Crippen LogP contribution >= 0.6 is 27.3 Å². The molecular formula is C12H13BrN4OS. The van der Waals surface area contributed by atoms with Crippen molar-refractivity contribution < 1.29 is 4.79 Å². The molecule has 2 heterocycles. The maximum atomic E-state index is 12.0. The van der Waals surface area contributed by atoms with Crippen LogP contribution in [0.1, 0.15) is 20.9 Å². The van der Waals surface area contributed by atoms with Crippen LogP contribution in [0.3, 0.4) is 0 Å². The fourth-order valence-corrected chi connectivity index (χ4v) is 2.82. The van der Waals surface area contributed by atoms with Gasteiger partial charge >= 0.3 is 0 Å². The molecule has 7 heteroatoms. The highest BCUT2D eigenvalue weighted by Crippen LogP contribution is 2.34. The number of carbonyl (C=O) groups excluding carboxylic acids is 1. The summed E-state index contributed by atoms with van der Waals surface area (Å²) in [5.74, 6) is -0.224. The Kier molecular flexibility index (Phi) is 3.86. The summed E-state index contributed by atoms with van der Waals surface area (Å²) >= 11 is 4.44. The maximum Gasteiger partial charge on any atom is 0.263 e. The number of fused-ring (bicyclic) bond motifs is 1. The van der Waals surface area contributed by atoms with E-state index in [1.807, 2.05) is 13.8 Å². The molecule has 1 amide bonds. The van der Waals surface area contributed by atoms with Gasteiger partial charge in [-0.2, -0.15) is 5.10 Å². The molecule has 0 spiro atoms. The molecule has 0 aliphatic carbocycles. The Hall–Kier alpha value is -1.47. The largest absolute Gasteiger partial charge is 0.397 e. The van der Waals surface area contributed by atoms with Gasteiger partial charge in [0.05, 0.1) is 11.4 Å². The predicted molar refractivity (Wildman–Crippen MR) is 81.7 cm³/mol. The van der Waals surface area contributed by atoms with Crippen LogP contribution in [0.5, 0.6) is 0 Å². The monoisotopic (exact) mass is 340 g/mol. The quantitative estimate of drug-likeness (QED) is 0.899. The van der Waals surface area contributed by atoms with Crippen molar-refractivity contribution in [3.8, 4) is 0 Å². The van der Waals surface area contributed by atoms with E-state index in [4.69, 9.17) is 5.73 Å². The lowest BCUT2D eigenvalue weighted by molar-refractivity contribution is 0.0962.